The van der Waals surface area contributed by atoms with Crippen molar-refractivity contribution in [1.82, 2.24) is 14.7 Å². The third-order valence-electron chi connectivity index (χ3n) is 2.96. The smallest absolute Gasteiger partial charge is 0.257 e. The van der Waals surface area contributed by atoms with Crippen LogP contribution in [0.25, 0.3) is 0 Å². The first kappa shape index (κ1) is 16.7. The molecule has 0 saturated carbocycles. The van der Waals surface area contributed by atoms with Gasteiger partial charge >= 0.3 is 0 Å². The van der Waals surface area contributed by atoms with Gasteiger partial charge in [0.25, 0.3) is 10.0 Å². The summed E-state index contributed by atoms with van der Waals surface area (Å²) >= 11 is 3.39. The van der Waals surface area contributed by atoms with Crippen molar-refractivity contribution in [2.45, 2.75) is 45.1 Å². The first-order valence-corrected chi connectivity index (χ1v) is 9.01. The highest BCUT2D eigenvalue weighted by atomic mass is 79.9. The van der Waals surface area contributed by atoms with Crippen LogP contribution in [0.4, 0.5) is 0 Å². The topological polar surface area (TPSA) is 74.8 Å². The molecular weight excluding hydrogens is 330 g/mol. The van der Waals surface area contributed by atoms with E-state index in [1.54, 1.807) is 0 Å². The Labute approximate surface area is 123 Å². The Morgan fingerprint density at radius 3 is 2.68 bits per heavy atom. The molecule has 7 heteroatoms. The van der Waals surface area contributed by atoms with E-state index in [-0.39, 0.29) is 10.4 Å². The van der Waals surface area contributed by atoms with E-state index in [2.05, 4.69) is 44.5 Å². The van der Waals surface area contributed by atoms with Gasteiger partial charge in [-0.15, -0.1) is 0 Å². The van der Waals surface area contributed by atoms with Crippen molar-refractivity contribution >= 4 is 26.0 Å². The summed E-state index contributed by atoms with van der Waals surface area (Å²) in [6, 6.07) is 0. The van der Waals surface area contributed by atoms with E-state index in [1.165, 1.54) is 6.20 Å². The van der Waals surface area contributed by atoms with Crippen molar-refractivity contribution < 1.29 is 8.42 Å². The molecule has 5 nitrogen and oxygen atoms in total. The number of H-pyrrole nitrogens is 1. The van der Waals surface area contributed by atoms with Gasteiger partial charge in [0.05, 0.1) is 6.20 Å². The number of halogens is 1. The molecule has 0 bridgehead atoms. The Morgan fingerprint density at radius 1 is 1.47 bits per heavy atom. The summed E-state index contributed by atoms with van der Waals surface area (Å²) in [5, 5.41) is 1.07. The minimum atomic E-state index is -3.49. The SMILES string of the molecule is CCc1ncc(S(=O)(=O)NCC(C)(C)CCCBr)[nH]1. The largest absolute Gasteiger partial charge is 0.332 e. The summed E-state index contributed by atoms with van der Waals surface area (Å²) in [5.74, 6) is 0.680. The molecule has 0 unspecified atom stereocenters. The van der Waals surface area contributed by atoms with Gasteiger partial charge < -0.3 is 4.98 Å². The van der Waals surface area contributed by atoms with E-state index in [1.807, 2.05) is 6.92 Å². The third kappa shape index (κ3) is 5.24. The highest BCUT2D eigenvalue weighted by Gasteiger charge is 2.23. The molecule has 0 aromatic carbocycles. The highest BCUT2D eigenvalue weighted by molar-refractivity contribution is 9.09. The van der Waals surface area contributed by atoms with Crippen molar-refractivity contribution in [2.75, 3.05) is 11.9 Å². The first-order valence-electron chi connectivity index (χ1n) is 6.40. The van der Waals surface area contributed by atoms with Gasteiger partial charge in [-0.1, -0.05) is 36.7 Å². The molecule has 0 spiro atoms. The number of nitrogens with one attached hydrogen (secondary N) is 2. The van der Waals surface area contributed by atoms with Crippen LogP contribution in [-0.2, 0) is 16.4 Å². The maximum Gasteiger partial charge on any atom is 0.257 e. The molecule has 1 aromatic rings. The van der Waals surface area contributed by atoms with Crippen molar-refractivity contribution in [1.29, 1.82) is 0 Å². The molecule has 1 rings (SSSR count). The molecule has 2 N–H and O–H groups in total. The lowest BCUT2D eigenvalue weighted by Gasteiger charge is -2.24. The minimum absolute atomic E-state index is 0.0611. The van der Waals surface area contributed by atoms with Crippen LogP contribution in [0.15, 0.2) is 11.2 Å². The van der Waals surface area contributed by atoms with E-state index in [4.69, 9.17) is 0 Å². The second-order valence-corrected chi connectivity index (χ2v) is 7.86. The van der Waals surface area contributed by atoms with Gasteiger partial charge in [-0.3, -0.25) is 0 Å². The molecule has 19 heavy (non-hydrogen) atoms. The zero-order valence-corrected chi connectivity index (χ0v) is 14.1. The van der Waals surface area contributed by atoms with Crippen molar-refractivity contribution in [3.63, 3.8) is 0 Å². The summed E-state index contributed by atoms with van der Waals surface area (Å²) in [7, 11) is -3.49. The molecule has 1 heterocycles. The lowest BCUT2D eigenvalue weighted by molar-refractivity contribution is 0.332. The summed E-state index contributed by atoms with van der Waals surface area (Å²) < 4.78 is 26.8. The minimum Gasteiger partial charge on any atom is -0.332 e. The van der Waals surface area contributed by atoms with Gasteiger partial charge in [0.1, 0.15) is 5.82 Å². The quantitative estimate of drug-likeness (QED) is 0.706. The summed E-state index contributed by atoms with van der Waals surface area (Å²) in [6.07, 6.45) is 4.04. The van der Waals surface area contributed by atoms with E-state index in [0.29, 0.717) is 18.8 Å². The zero-order valence-electron chi connectivity index (χ0n) is 11.7. The average molecular weight is 352 g/mol. The Bertz CT molecular complexity index is 497. The van der Waals surface area contributed by atoms with Crippen molar-refractivity contribution in [3.8, 4) is 0 Å². The Morgan fingerprint density at radius 2 is 2.16 bits per heavy atom. The van der Waals surface area contributed by atoms with Crippen LogP contribution in [0.1, 0.15) is 39.4 Å². The van der Waals surface area contributed by atoms with Crippen LogP contribution in [-0.4, -0.2) is 30.3 Å². The van der Waals surface area contributed by atoms with E-state index in [0.717, 1.165) is 18.2 Å². The molecule has 0 atom stereocenters. The van der Waals surface area contributed by atoms with Crippen LogP contribution in [0.5, 0.6) is 0 Å². The number of aromatic nitrogens is 2. The number of aryl methyl sites for hydroxylation is 1. The number of alkyl halides is 1. The fourth-order valence-electron chi connectivity index (χ4n) is 1.66. The lowest BCUT2D eigenvalue weighted by Crippen LogP contribution is -2.34. The zero-order chi connectivity index (χ0) is 14.5. The van der Waals surface area contributed by atoms with Gasteiger partial charge in [0.15, 0.2) is 5.03 Å². The molecule has 0 radical (unpaired) electrons. The third-order valence-corrected chi connectivity index (χ3v) is 4.83. The van der Waals surface area contributed by atoms with Gasteiger partial charge in [-0.25, -0.2) is 18.1 Å². The molecular formula is C12H22BrN3O2S. The van der Waals surface area contributed by atoms with Crippen LogP contribution in [0.2, 0.25) is 0 Å². The number of nitrogens with zero attached hydrogens (tertiary/aromatic N) is 1. The standard InChI is InChI=1S/C12H22BrN3O2S/c1-4-10-14-8-11(16-10)19(17,18)15-9-12(2,3)6-5-7-13/h8,15H,4-7,9H2,1-3H3,(H,14,16). The molecule has 1 aromatic heterocycles. The molecule has 0 amide bonds. The molecule has 0 aliphatic carbocycles. The number of sulfonamides is 1. The summed E-state index contributed by atoms with van der Waals surface area (Å²) in [5.41, 5.74) is -0.0611. The Hall–Kier alpha value is -0.400. The highest BCUT2D eigenvalue weighted by Crippen LogP contribution is 2.22. The lowest BCUT2D eigenvalue weighted by atomic mass is 9.88. The van der Waals surface area contributed by atoms with Gasteiger partial charge in [-0.05, 0) is 18.3 Å². The average Bonchev–Trinajstić information content (AvgIpc) is 2.84. The monoisotopic (exact) mass is 351 g/mol. The summed E-state index contributed by atoms with van der Waals surface area (Å²) in [6.45, 7) is 6.46. The molecule has 110 valence electrons. The maximum atomic E-state index is 12.1. The van der Waals surface area contributed by atoms with Crippen LogP contribution < -0.4 is 4.72 Å². The molecule has 0 fully saturated rings. The van der Waals surface area contributed by atoms with Crippen molar-refractivity contribution in [3.05, 3.63) is 12.0 Å². The van der Waals surface area contributed by atoms with Crippen LogP contribution in [0, 0.1) is 5.41 Å². The predicted octanol–water partition coefficient (Wildman–Crippen LogP) is 2.45. The van der Waals surface area contributed by atoms with Crippen LogP contribution >= 0.6 is 15.9 Å². The summed E-state index contributed by atoms with van der Waals surface area (Å²) in [4.78, 5) is 6.83. The first-order chi connectivity index (χ1) is 8.80. The predicted molar refractivity (Wildman–Crippen MR) is 80.0 cm³/mol. The fourth-order valence-corrected chi connectivity index (χ4v) is 3.12. The number of hydrogen-bond acceptors (Lipinski definition) is 3. The molecule has 0 aliphatic heterocycles. The molecule has 0 saturated heterocycles. The number of aromatic amines is 1. The molecule has 0 aliphatic rings. The number of rotatable bonds is 8. The van der Waals surface area contributed by atoms with E-state index >= 15 is 0 Å². The fraction of sp³-hybridized carbons (Fsp3) is 0.750. The normalized spacial score (nSPS) is 12.8. The Balaban J connectivity index is 2.65. The second-order valence-electron chi connectivity index (χ2n) is 5.33. The number of imidazole rings is 1. The second kappa shape index (κ2) is 6.85. The maximum absolute atomic E-state index is 12.1. The van der Waals surface area contributed by atoms with Gasteiger partial charge in [-0.2, -0.15) is 0 Å². The van der Waals surface area contributed by atoms with Gasteiger partial charge in [0, 0.05) is 18.3 Å². The Kier molecular flexibility index (Phi) is 6.01. The van der Waals surface area contributed by atoms with Crippen molar-refractivity contribution in [2.24, 2.45) is 5.41 Å². The van der Waals surface area contributed by atoms with E-state index < -0.39 is 10.0 Å². The van der Waals surface area contributed by atoms with Gasteiger partial charge in [0.2, 0.25) is 0 Å². The van der Waals surface area contributed by atoms with Crippen LogP contribution in [0.3, 0.4) is 0 Å². The van der Waals surface area contributed by atoms with E-state index in [9.17, 15) is 8.42 Å². The number of hydrogen-bond donors (Lipinski definition) is 2.